The van der Waals surface area contributed by atoms with Crippen molar-refractivity contribution in [3.05, 3.63) is 59.4 Å². The van der Waals surface area contributed by atoms with Crippen molar-refractivity contribution in [2.45, 2.75) is 25.9 Å². The molecule has 1 aliphatic rings. The largest absolute Gasteiger partial charge is 0.379 e. The number of hydrogen-bond acceptors (Lipinski definition) is 3. The number of piperidine rings is 1. The zero-order chi connectivity index (χ0) is 18.5. The molecule has 1 saturated heterocycles. The molecule has 0 bridgehead atoms. The average Bonchev–Trinajstić information content (AvgIpc) is 3.06. The lowest BCUT2D eigenvalue weighted by atomic mass is 9.87. The van der Waals surface area contributed by atoms with E-state index in [1.807, 2.05) is 24.1 Å². The summed E-state index contributed by atoms with van der Waals surface area (Å²) in [5.74, 6) is 0.467. The van der Waals surface area contributed by atoms with Crippen molar-refractivity contribution in [2.24, 2.45) is 13.0 Å². The lowest BCUT2D eigenvalue weighted by Gasteiger charge is -2.37. The Hall–Kier alpha value is -2.40. The van der Waals surface area contributed by atoms with E-state index in [1.54, 1.807) is 24.1 Å². The number of benzene rings is 1. The molecule has 3 rings (SSSR count). The molecule has 0 aliphatic carbocycles. The Morgan fingerprint density at radius 3 is 2.73 bits per heavy atom. The molecule has 0 radical (unpaired) electrons. The van der Waals surface area contributed by atoms with Gasteiger partial charge >= 0.3 is 0 Å². The van der Waals surface area contributed by atoms with E-state index in [4.69, 9.17) is 4.74 Å². The van der Waals surface area contributed by atoms with Crippen molar-refractivity contribution in [2.75, 3.05) is 20.2 Å². The maximum Gasteiger partial charge on any atom is 0.246 e. The number of rotatable bonds is 5. The lowest BCUT2D eigenvalue weighted by Crippen LogP contribution is -2.47. The first-order chi connectivity index (χ1) is 12.6. The fourth-order valence-corrected chi connectivity index (χ4v) is 3.50. The van der Waals surface area contributed by atoms with Crippen LogP contribution in [0.4, 0.5) is 0 Å². The summed E-state index contributed by atoms with van der Waals surface area (Å²) in [6.07, 6.45) is 7.18. The molecule has 2 atom stereocenters. The number of aromatic nitrogens is 2. The van der Waals surface area contributed by atoms with E-state index in [2.05, 4.69) is 36.3 Å². The van der Waals surface area contributed by atoms with E-state index in [0.29, 0.717) is 12.5 Å². The molecule has 1 aliphatic heterocycles. The van der Waals surface area contributed by atoms with Crippen molar-refractivity contribution >= 4 is 12.0 Å². The topological polar surface area (TPSA) is 47.4 Å². The molecule has 1 fully saturated rings. The maximum atomic E-state index is 12.5. The molecule has 1 aromatic heterocycles. The molecule has 138 valence electrons. The first-order valence-corrected chi connectivity index (χ1v) is 9.10. The van der Waals surface area contributed by atoms with Crippen LogP contribution in [0.25, 0.3) is 6.08 Å². The maximum absolute atomic E-state index is 12.5. The van der Waals surface area contributed by atoms with Crippen LogP contribution in [0.3, 0.4) is 0 Å². The van der Waals surface area contributed by atoms with Gasteiger partial charge in [-0.25, -0.2) is 0 Å². The minimum atomic E-state index is 0.0297. The molecule has 0 unspecified atom stereocenters. The van der Waals surface area contributed by atoms with Crippen molar-refractivity contribution in [1.82, 2.24) is 14.7 Å². The highest BCUT2D eigenvalue weighted by Crippen LogP contribution is 2.24. The number of carbonyl (C=O) groups is 1. The third kappa shape index (κ3) is 4.41. The highest BCUT2D eigenvalue weighted by atomic mass is 16.5. The Balaban J connectivity index is 1.60. The molecule has 0 N–H and O–H groups in total. The van der Waals surface area contributed by atoms with Gasteiger partial charge in [0.2, 0.25) is 5.91 Å². The lowest BCUT2D eigenvalue weighted by molar-refractivity contribution is -0.131. The summed E-state index contributed by atoms with van der Waals surface area (Å²) in [6.45, 7) is 3.51. The molecule has 1 aromatic carbocycles. The standard InChI is InChI=1S/C21H27N3O2/c1-16-4-6-17(7-5-16)14-18-11-13-24(15-20(18)26-3)21(25)9-8-19-10-12-22-23(19)2/h4-10,12,18,20H,11,13-15H2,1-3H3/b9-8+/t18-,20-/m1/s1. The summed E-state index contributed by atoms with van der Waals surface area (Å²) < 4.78 is 7.46. The molecule has 2 heterocycles. The highest BCUT2D eigenvalue weighted by Gasteiger charge is 2.30. The van der Waals surface area contributed by atoms with Crippen molar-refractivity contribution < 1.29 is 9.53 Å². The zero-order valence-corrected chi connectivity index (χ0v) is 15.8. The Labute approximate surface area is 155 Å². The second-order valence-corrected chi connectivity index (χ2v) is 7.01. The smallest absolute Gasteiger partial charge is 0.246 e. The second kappa shape index (κ2) is 8.32. The van der Waals surface area contributed by atoms with Gasteiger partial charge in [0.25, 0.3) is 0 Å². The van der Waals surface area contributed by atoms with Gasteiger partial charge in [-0.05, 0) is 43.4 Å². The van der Waals surface area contributed by atoms with Gasteiger partial charge in [-0.1, -0.05) is 29.8 Å². The fourth-order valence-electron chi connectivity index (χ4n) is 3.50. The van der Waals surface area contributed by atoms with Gasteiger partial charge < -0.3 is 9.64 Å². The van der Waals surface area contributed by atoms with Gasteiger partial charge in [-0.3, -0.25) is 9.48 Å². The van der Waals surface area contributed by atoms with Gasteiger partial charge in [-0.2, -0.15) is 5.10 Å². The van der Waals surface area contributed by atoms with E-state index in [9.17, 15) is 4.79 Å². The summed E-state index contributed by atoms with van der Waals surface area (Å²) in [5, 5.41) is 4.11. The number of likely N-dealkylation sites (tertiary alicyclic amines) is 1. The molecule has 2 aromatic rings. The average molecular weight is 353 g/mol. The molecule has 1 amide bonds. The van der Waals surface area contributed by atoms with E-state index in [-0.39, 0.29) is 12.0 Å². The minimum absolute atomic E-state index is 0.0297. The van der Waals surface area contributed by atoms with E-state index in [1.165, 1.54) is 11.1 Å². The first kappa shape index (κ1) is 18.4. The predicted octanol–water partition coefficient (Wildman–Crippen LogP) is 2.85. The van der Waals surface area contributed by atoms with Gasteiger partial charge in [0, 0.05) is 39.5 Å². The fraction of sp³-hybridized carbons (Fsp3) is 0.429. The molecule has 0 saturated carbocycles. The van der Waals surface area contributed by atoms with Crippen LogP contribution in [0.5, 0.6) is 0 Å². The van der Waals surface area contributed by atoms with Crippen LogP contribution in [0, 0.1) is 12.8 Å². The number of hydrogen-bond donors (Lipinski definition) is 0. The SMILES string of the molecule is CO[C@@H]1CN(C(=O)/C=C/c2ccnn2C)CC[C@@H]1Cc1ccc(C)cc1. The normalized spacial score (nSPS) is 20.7. The van der Waals surface area contributed by atoms with Gasteiger partial charge in [0.15, 0.2) is 0 Å². The van der Waals surface area contributed by atoms with Crippen LogP contribution in [-0.4, -0.2) is 46.9 Å². The Morgan fingerprint density at radius 2 is 2.08 bits per heavy atom. The van der Waals surface area contributed by atoms with E-state index in [0.717, 1.165) is 25.1 Å². The van der Waals surface area contributed by atoms with E-state index >= 15 is 0 Å². The number of methoxy groups -OCH3 is 1. The molecular formula is C21H27N3O2. The Kier molecular flexibility index (Phi) is 5.89. The highest BCUT2D eigenvalue weighted by molar-refractivity contribution is 5.91. The third-order valence-electron chi connectivity index (χ3n) is 5.18. The van der Waals surface area contributed by atoms with Crippen molar-refractivity contribution in [3.63, 3.8) is 0 Å². The summed E-state index contributed by atoms with van der Waals surface area (Å²) >= 11 is 0. The number of nitrogens with zero attached hydrogens (tertiary/aromatic N) is 3. The van der Waals surface area contributed by atoms with Gasteiger partial charge in [0.05, 0.1) is 11.8 Å². The van der Waals surface area contributed by atoms with Gasteiger partial charge in [-0.15, -0.1) is 0 Å². The Bertz CT molecular complexity index is 764. The minimum Gasteiger partial charge on any atom is -0.379 e. The number of aryl methyl sites for hydroxylation is 2. The Morgan fingerprint density at radius 1 is 1.31 bits per heavy atom. The quantitative estimate of drug-likeness (QED) is 0.777. The molecule has 5 heteroatoms. The number of ether oxygens (including phenoxy) is 1. The predicted molar refractivity (Wildman–Crippen MR) is 103 cm³/mol. The number of carbonyl (C=O) groups excluding carboxylic acids is 1. The van der Waals surface area contributed by atoms with Crippen molar-refractivity contribution in [3.8, 4) is 0 Å². The first-order valence-electron chi connectivity index (χ1n) is 9.10. The van der Waals surface area contributed by atoms with Gasteiger partial charge in [0.1, 0.15) is 0 Å². The molecule has 5 nitrogen and oxygen atoms in total. The summed E-state index contributed by atoms with van der Waals surface area (Å²) in [4.78, 5) is 14.4. The summed E-state index contributed by atoms with van der Waals surface area (Å²) in [5.41, 5.74) is 3.52. The second-order valence-electron chi connectivity index (χ2n) is 7.01. The molecule has 26 heavy (non-hydrogen) atoms. The zero-order valence-electron chi connectivity index (χ0n) is 15.8. The summed E-state index contributed by atoms with van der Waals surface area (Å²) in [7, 11) is 3.61. The molecular weight excluding hydrogens is 326 g/mol. The van der Waals surface area contributed by atoms with Crippen LogP contribution in [0.15, 0.2) is 42.6 Å². The van der Waals surface area contributed by atoms with E-state index < -0.39 is 0 Å². The van der Waals surface area contributed by atoms with Crippen LogP contribution in [0.1, 0.15) is 23.2 Å². The number of amides is 1. The van der Waals surface area contributed by atoms with Crippen LogP contribution >= 0.6 is 0 Å². The third-order valence-corrected chi connectivity index (χ3v) is 5.18. The monoisotopic (exact) mass is 353 g/mol. The van der Waals surface area contributed by atoms with Crippen LogP contribution < -0.4 is 0 Å². The van der Waals surface area contributed by atoms with Crippen LogP contribution in [-0.2, 0) is 23.0 Å². The summed E-state index contributed by atoms with van der Waals surface area (Å²) in [6, 6.07) is 10.6. The van der Waals surface area contributed by atoms with Crippen LogP contribution in [0.2, 0.25) is 0 Å². The van der Waals surface area contributed by atoms with Crippen molar-refractivity contribution in [1.29, 1.82) is 0 Å². The molecule has 0 spiro atoms.